The zero-order chi connectivity index (χ0) is 30.3. The molecular formula is C32H41N5O4S. The van der Waals surface area contributed by atoms with E-state index in [0.717, 1.165) is 29.7 Å². The van der Waals surface area contributed by atoms with E-state index in [1.807, 2.05) is 61.3 Å². The van der Waals surface area contributed by atoms with E-state index in [2.05, 4.69) is 16.4 Å². The van der Waals surface area contributed by atoms with E-state index in [1.54, 1.807) is 46.9 Å². The third kappa shape index (κ3) is 7.35. The van der Waals surface area contributed by atoms with Crippen LogP contribution in [0, 0.1) is 5.41 Å². The molecule has 0 unspecified atom stereocenters. The number of nitrogens with one attached hydrogen (secondary N) is 1. The van der Waals surface area contributed by atoms with Crippen molar-refractivity contribution in [1.82, 2.24) is 15.2 Å². The topological polar surface area (TPSA) is 95.1 Å². The Morgan fingerprint density at radius 3 is 2.64 bits per heavy atom. The van der Waals surface area contributed by atoms with Gasteiger partial charge in [0.25, 0.3) is 0 Å². The first kappa shape index (κ1) is 31.2. The smallest absolute Gasteiger partial charge is 0.242 e. The second kappa shape index (κ2) is 13.9. The van der Waals surface area contributed by atoms with E-state index < -0.39 is 5.41 Å². The van der Waals surface area contributed by atoms with E-state index in [1.165, 1.54) is 0 Å². The van der Waals surface area contributed by atoms with Crippen LogP contribution in [0.3, 0.4) is 0 Å². The van der Waals surface area contributed by atoms with Crippen LogP contribution in [0.1, 0.15) is 44.0 Å². The first-order chi connectivity index (χ1) is 20.1. The van der Waals surface area contributed by atoms with Crippen LogP contribution >= 0.6 is 11.3 Å². The van der Waals surface area contributed by atoms with Gasteiger partial charge in [0.15, 0.2) is 0 Å². The molecule has 0 spiro atoms. The van der Waals surface area contributed by atoms with Crippen molar-refractivity contribution in [2.24, 2.45) is 5.41 Å². The predicted octanol–water partition coefficient (Wildman–Crippen LogP) is 4.30. The van der Waals surface area contributed by atoms with E-state index in [-0.39, 0.29) is 17.7 Å². The summed E-state index contributed by atoms with van der Waals surface area (Å²) in [6.07, 6.45) is 3.81. The van der Waals surface area contributed by atoms with Crippen molar-refractivity contribution >= 4 is 40.4 Å². The summed E-state index contributed by atoms with van der Waals surface area (Å²) in [5.41, 5.74) is 3.44. The maximum Gasteiger partial charge on any atom is 0.242 e. The Morgan fingerprint density at radius 2 is 1.90 bits per heavy atom. The Kier molecular flexibility index (Phi) is 10.3. The van der Waals surface area contributed by atoms with Crippen molar-refractivity contribution in [1.29, 1.82) is 0 Å². The van der Waals surface area contributed by atoms with Gasteiger partial charge in [0.1, 0.15) is 11.2 Å². The van der Waals surface area contributed by atoms with Gasteiger partial charge in [-0.05, 0) is 85.8 Å². The molecule has 3 amide bonds. The van der Waals surface area contributed by atoms with Gasteiger partial charge in [0.2, 0.25) is 17.7 Å². The van der Waals surface area contributed by atoms with Gasteiger partial charge in [-0.1, -0.05) is 0 Å². The molecule has 0 fully saturated rings. The molecule has 3 aromatic rings. The minimum absolute atomic E-state index is 0.122. The highest BCUT2D eigenvalue weighted by Gasteiger charge is 2.45. The van der Waals surface area contributed by atoms with Crippen LogP contribution in [0.4, 0.5) is 11.4 Å². The molecule has 0 radical (unpaired) electrons. The molecule has 2 aromatic heterocycles. The van der Waals surface area contributed by atoms with Crippen LogP contribution in [0.2, 0.25) is 0 Å². The summed E-state index contributed by atoms with van der Waals surface area (Å²) in [5.74, 6) is 0.335. The molecule has 224 valence electrons. The van der Waals surface area contributed by atoms with E-state index in [9.17, 15) is 14.4 Å². The molecule has 1 aliphatic rings. The highest BCUT2D eigenvalue weighted by Crippen LogP contribution is 2.40. The molecule has 0 saturated carbocycles. The summed E-state index contributed by atoms with van der Waals surface area (Å²) in [6.45, 7) is 8.29. The fourth-order valence-corrected chi connectivity index (χ4v) is 5.66. The number of aromatic nitrogens is 1. The van der Waals surface area contributed by atoms with Gasteiger partial charge in [-0.25, -0.2) is 0 Å². The molecule has 1 N–H and O–H groups in total. The lowest BCUT2D eigenvalue weighted by molar-refractivity contribution is -0.137. The lowest BCUT2D eigenvalue weighted by Crippen LogP contribution is -2.47. The molecule has 1 aromatic carbocycles. The summed E-state index contributed by atoms with van der Waals surface area (Å²) in [4.78, 5) is 48.0. The molecular weight excluding hydrogens is 550 g/mol. The van der Waals surface area contributed by atoms with Crippen molar-refractivity contribution in [3.8, 4) is 5.75 Å². The molecule has 42 heavy (non-hydrogen) atoms. The quantitative estimate of drug-likeness (QED) is 0.235. The van der Waals surface area contributed by atoms with Crippen LogP contribution < -0.4 is 19.9 Å². The number of anilines is 2. The maximum absolute atomic E-state index is 13.1. The Morgan fingerprint density at radius 1 is 1.10 bits per heavy atom. The standard InChI is InChI=1S/C32H41N5O4S/c1-6-37-27-10-9-26(20-28(27)36(5)30(39)32(2,3)31(37)40)41-16-7-8-25-18-23(11-13-34-25)21-33-14-15-35(4)29(38)19-24-12-17-42-22-24/h9-13,17-18,20,22,33H,6-8,14-16,19,21H2,1-5H3. The number of nitrogens with zero attached hydrogens (tertiary/aromatic N) is 4. The molecule has 0 aliphatic carbocycles. The number of thiophene rings is 1. The molecule has 0 atom stereocenters. The summed E-state index contributed by atoms with van der Waals surface area (Å²) in [5, 5.41) is 7.42. The molecule has 10 heteroatoms. The third-order valence-electron chi connectivity index (χ3n) is 7.58. The van der Waals surface area contributed by atoms with Gasteiger partial charge >= 0.3 is 0 Å². The molecule has 0 bridgehead atoms. The van der Waals surface area contributed by atoms with Crippen LogP contribution in [0.25, 0.3) is 0 Å². The second-order valence-electron chi connectivity index (χ2n) is 11.1. The number of fused-ring (bicyclic) bond motifs is 1. The van der Waals surface area contributed by atoms with Crippen molar-refractivity contribution in [3.05, 3.63) is 70.2 Å². The average Bonchev–Trinajstić information content (AvgIpc) is 3.49. The summed E-state index contributed by atoms with van der Waals surface area (Å²) < 4.78 is 6.04. The number of aryl methyl sites for hydroxylation is 1. The van der Waals surface area contributed by atoms with E-state index in [4.69, 9.17) is 4.74 Å². The molecule has 4 rings (SSSR count). The fourth-order valence-electron chi connectivity index (χ4n) is 5.00. The summed E-state index contributed by atoms with van der Waals surface area (Å²) in [6, 6.07) is 11.6. The SMILES string of the molecule is CCN1C(=O)C(C)(C)C(=O)N(C)c2cc(OCCCc3cc(CNCCN(C)C(=O)Cc4ccsc4)ccn3)ccc21. The number of benzene rings is 1. The highest BCUT2D eigenvalue weighted by atomic mass is 32.1. The number of pyridine rings is 1. The number of rotatable bonds is 13. The first-order valence-electron chi connectivity index (χ1n) is 14.4. The van der Waals surface area contributed by atoms with Gasteiger partial charge in [-0.15, -0.1) is 0 Å². The summed E-state index contributed by atoms with van der Waals surface area (Å²) in [7, 11) is 3.55. The number of amides is 3. The molecule has 9 nitrogen and oxygen atoms in total. The minimum atomic E-state index is -1.14. The number of likely N-dealkylation sites (N-methyl/N-ethyl adjacent to an activating group) is 1. The minimum Gasteiger partial charge on any atom is -0.494 e. The fraction of sp³-hybridized carbons (Fsp3) is 0.438. The lowest BCUT2D eigenvalue weighted by atomic mass is 9.90. The first-order valence-corrected chi connectivity index (χ1v) is 15.3. The van der Waals surface area contributed by atoms with Crippen molar-refractivity contribution in [2.75, 3.05) is 50.1 Å². The zero-order valence-corrected chi connectivity index (χ0v) is 26.0. The second-order valence-corrected chi connectivity index (χ2v) is 11.9. The number of hydrogen-bond donors (Lipinski definition) is 1. The van der Waals surface area contributed by atoms with Crippen molar-refractivity contribution in [3.63, 3.8) is 0 Å². The van der Waals surface area contributed by atoms with Crippen LogP contribution in [-0.4, -0.2) is 67.9 Å². The van der Waals surface area contributed by atoms with Crippen molar-refractivity contribution in [2.45, 2.75) is 46.6 Å². The van der Waals surface area contributed by atoms with Gasteiger partial charge in [0.05, 0.1) is 24.4 Å². The molecule has 1 aliphatic heterocycles. The Bertz CT molecular complexity index is 1390. The van der Waals surface area contributed by atoms with Crippen LogP contribution in [0.5, 0.6) is 5.75 Å². The predicted molar refractivity (Wildman–Crippen MR) is 167 cm³/mol. The van der Waals surface area contributed by atoms with Gasteiger partial charge in [0, 0.05) is 58.2 Å². The lowest BCUT2D eigenvalue weighted by Gasteiger charge is -2.27. The Balaban J connectivity index is 1.23. The number of carbonyl (C=O) groups is 3. The van der Waals surface area contributed by atoms with E-state index >= 15 is 0 Å². The summed E-state index contributed by atoms with van der Waals surface area (Å²) >= 11 is 1.61. The molecule has 3 heterocycles. The average molecular weight is 592 g/mol. The molecule has 0 saturated heterocycles. The number of hydrogen-bond acceptors (Lipinski definition) is 7. The maximum atomic E-state index is 13.1. The van der Waals surface area contributed by atoms with E-state index in [0.29, 0.717) is 56.3 Å². The Hall–Kier alpha value is -3.76. The highest BCUT2D eigenvalue weighted by molar-refractivity contribution is 7.08. The van der Waals surface area contributed by atoms with Gasteiger partial charge < -0.3 is 24.8 Å². The zero-order valence-electron chi connectivity index (χ0n) is 25.2. The van der Waals surface area contributed by atoms with Gasteiger partial charge in [-0.2, -0.15) is 11.3 Å². The number of carbonyl (C=O) groups excluding carboxylic acids is 3. The van der Waals surface area contributed by atoms with Crippen LogP contribution in [0.15, 0.2) is 53.4 Å². The van der Waals surface area contributed by atoms with Crippen LogP contribution in [-0.2, 0) is 33.8 Å². The van der Waals surface area contributed by atoms with Gasteiger partial charge in [-0.3, -0.25) is 19.4 Å². The third-order valence-corrected chi connectivity index (χ3v) is 8.31. The largest absolute Gasteiger partial charge is 0.494 e. The monoisotopic (exact) mass is 591 g/mol. The Labute approximate surface area is 252 Å². The normalized spacial score (nSPS) is 14.5. The van der Waals surface area contributed by atoms with Crippen molar-refractivity contribution < 1.29 is 19.1 Å². The number of ether oxygens (including phenoxy) is 1.